The molecule has 0 aliphatic rings. The lowest BCUT2D eigenvalue weighted by molar-refractivity contribution is -0.148. The van der Waals surface area contributed by atoms with Gasteiger partial charge in [0, 0.05) is 6.42 Å². The number of benzene rings is 1. The van der Waals surface area contributed by atoms with E-state index in [0.717, 1.165) is 18.7 Å². The molecule has 0 aromatic heterocycles. The largest absolute Gasteiger partial charge is 0.494 e. The van der Waals surface area contributed by atoms with Gasteiger partial charge in [0.15, 0.2) is 0 Å². The number of ether oxygens (including phenoxy) is 2. The maximum Gasteiger partial charge on any atom is 0.325 e. The molecular weight excluding hydrogens is 254 g/mol. The molecule has 1 aromatic carbocycles. The number of hydrogen-bond donors (Lipinski definition) is 1. The average molecular weight is 279 g/mol. The zero-order chi connectivity index (χ0) is 15.0. The summed E-state index contributed by atoms with van der Waals surface area (Å²) in [6.45, 7) is 7.19. The lowest BCUT2D eigenvalue weighted by Gasteiger charge is -2.27. The Morgan fingerprint density at radius 1 is 1.30 bits per heavy atom. The molecule has 0 fully saturated rings. The standard InChI is InChI=1S/C16H25NO3/c1-5-11-17-16(3,15(18)19-4)10-12-20-14-8-6-13(2)7-9-14/h6-9,17H,5,10-12H2,1-4H3. The number of esters is 1. The number of aryl methyl sites for hydroxylation is 1. The monoisotopic (exact) mass is 279 g/mol. The first-order valence-electron chi connectivity index (χ1n) is 7.04. The van der Waals surface area contributed by atoms with Crippen molar-refractivity contribution in [2.75, 3.05) is 20.3 Å². The molecule has 0 bridgehead atoms. The summed E-state index contributed by atoms with van der Waals surface area (Å²) in [5, 5.41) is 3.24. The van der Waals surface area contributed by atoms with Gasteiger partial charge >= 0.3 is 5.97 Å². The molecule has 1 atom stereocenters. The number of rotatable bonds is 8. The minimum atomic E-state index is -0.699. The van der Waals surface area contributed by atoms with Crippen molar-refractivity contribution in [1.82, 2.24) is 5.32 Å². The summed E-state index contributed by atoms with van der Waals surface area (Å²) < 4.78 is 10.6. The summed E-state index contributed by atoms with van der Waals surface area (Å²) in [5.74, 6) is 0.566. The summed E-state index contributed by atoms with van der Waals surface area (Å²) >= 11 is 0. The number of nitrogens with one attached hydrogen (secondary N) is 1. The molecule has 0 saturated carbocycles. The Hall–Kier alpha value is -1.55. The number of carbonyl (C=O) groups is 1. The van der Waals surface area contributed by atoms with Crippen LogP contribution in [0.2, 0.25) is 0 Å². The lowest BCUT2D eigenvalue weighted by Crippen LogP contribution is -2.51. The van der Waals surface area contributed by atoms with Crippen LogP contribution in [0.15, 0.2) is 24.3 Å². The Labute approximate surface area is 121 Å². The van der Waals surface area contributed by atoms with E-state index in [0.29, 0.717) is 13.0 Å². The van der Waals surface area contributed by atoms with Crippen molar-refractivity contribution in [3.05, 3.63) is 29.8 Å². The van der Waals surface area contributed by atoms with Crippen molar-refractivity contribution in [3.8, 4) is 5.75 Å². The van der Waals surface area contributed by atoms with Crippen molar-refractivity contribution in [1.29, 1.82) is 0 Å². The van der Waals surface area contributed by atoms with Crippen LogP contribution < -0.4 is 10.1 Å². The van der Waals surface area contributed by atoms with Gasteiger partial charge in [0.25, 0.3) is 0 Å². The lowest BCUT2D eigenvalue weighted by atomic mass is 9.98. The quantitative estimate of drug-likeness (QED) is 0.743. The van der Waals surface area contributed by atoms with E-state index >= 15 is 0 Å². The summed E-state index contributed by atoms with van der Waals surface area (Å²) in [6, 6.07) is 7.88. The van der Waals surface area contributed by atoms with Crippen molar-refractivity contribution in [2.24, 2.45) is 0 Å². The Morgan fingerprint density at radius 2 is 1.95 bits per heavy atom. The third-order valence-electron chi connectivity index (χ3n) is 3.29. The Bertz CT molecular complexity index is 416. The summed E-state index contributed by atoms with van der Waals surface area (Å²) in [5.41, 5.74) is 0.497. The normalized spacial score (nSPS) is 13.6. The van der Waals surface area contributed by atoms with E-state index in [1.807, 2.05) is 38.1 Å². The fourth-order valence-electron chi connectivity index (χ4n) is 1.90. The molecule has 0 aliphatic carbocycles. The molecule has 1 N–H and O–H groups in total. The van der Waals surface area contributed by atoms with E-state index in [1.54, 1.807) is 0 Å². The molecule has 1 unspecified atom stereocenters. The van der Waals surface area contributed by atoms with Gasteiger partial charge in [-0.3, -0.25) is 4.79 Å². The average Bonchev–Trinajstić information content (AvgIpc) is 2.46. The molecule has 112 valence electrons. The van der Waals surface area contributed by atoms with Crippen LogP contribution in [0, 0.1) is 6.92 Å². The van der Waals surface area contributed by atoms with Crippen LogP contribution >= 0.6 is 0 Å². The molecule has 0 amide bonds. The maximum absolute atomic E-state index is 11.9. The molecule has 4 heteroatoms. The van der Waals surface area contributed by atoms with E-state index in [2.05, 4.69) is 12.2 Å². The summed E-state index contributed by atoms with van der Waals surface area (Å²) in [6.07, 6.45) is 1.53. The van der Waals surface area contributed by atoms with Gasteiger partial charge in [0.2, 0.25) is 0 Å². The Morgan fingerprint density at radius 3 is 2.50 bits per heavy atom. The first-order chi connectivity index (χ1) is 9.51. The third-order valence-corrected chi connectivity index (χ3v) is 3.29. The second kappa shape index (κ2) is 7.90. The molecule has 1 rings (SSSR count). The highest BCUT2D eigenvalue weighted by molar-refractivity contribution is 5.80. The Balaban J connectivity index is 2.53. The van der Waals surface area contributed by atoms with Gasteiger partial charge in [-0.15, -0.1) is 0 Å². The van der Waals surface area contributed by atoms with Crippen molar-refractivity contribution >= 4 is 5.97 Å². The van der Waals surface area contributed by atoms with Gasteiger partial charge in [-0.05, 0) is 38.9 Å². The fraction of sp³-hybridized carbons (Fsp3) is 0.562. The number of carbonyl (C=O) groups excluding carboxylic acids is 1. The van der Waals surface area contributed by atoms with Crippen molar-refractivity contribution < 1.29 is 14.3 Å². The van der Waals surface area contributed by atoms with Gasteiger partial charge in [0.05, 0.1) is 13.7 Å². The molecule has 4 nitrogen and oxygen atoms in total. The van der Waals surface area contributed by atoms with Gasteiger partial charge in [0.1, 0.15) is 11.3 Å². The van der Waals surface area contributed by atoms with Crippen molar-refractivity contribution in [3.63, 3.8) is 0 Å². The number of methoxy groups -OCH3 is 1. The van der Waals surface area contributed by atoms with E-state index in [4.69, 9.17) is 9.47 Å². The topological polar surface area (TPSA) is 47.6 Å². The zero-order valence-electron chi connectivity index (χ0n) is 12.9. The van der Waals surface area contributed by atoms with E-state index in [-0.39, 0.29) is 5.97 Å². The number of hydrogen-bond acceptors (Lipinski definition) is 4. The first-order valence-corrected chi connectivity index (χ1v) is 7.04. The zero-order valence-corrected chi connectivity index (χ0v) is 12.9. The van der Waals surface area contributed by atoms with Crippen LogP contribution in [0.4, 0.5) is 0 Å². The molecule has 0 spiro atoms. The highest BCUT2D eigenvalue weighted by Gasteiger charge is 2.33. The molecule has 0 heterocycles. The van der Waals surface area contributed by atoms with Gasteiger partial charge < -0.3 is 14.8 Å². The first kappa shape index (κ1) is 16.5. The van der Waals surface area contributed by atoms with Gasteiger partial charge in [-0.2, -0.15) is 0 Å². The van der Waals surface area contributed by atoms with Crippen LogP contribution in [0.5, 0.6) is 5.75 Å². The smallest absolute Gasteiger partial charge is 0.325 e. The van der Waals surface area contributed by atoms with Crippen LogP contribution in [0.1, 0.15) is 32.3 Å². The van der Waals surface area contributed by atoms with Crippen LogP contribution in [0.25, 0.3) is 0 Å². The second-order valence-electron chi connectivity index (χ2n) is 5.16. The van der Waals surface area contributed by atoms with Crippen LogP contribution in [-0.2, 0) is 9.53 Å². The molecular formula is C16H25NO3. The molecule has 1 aromatic rings. The second-order valence-corrected chi connectivity index (χ2v) is 5.16. The predicted molar refractivity (Wildman–Crippen MR) is 80.0 cm³/mol. The minimum absolute atomic E-state index is 0.251. The molecule has 0 radical (unpaired) electrons. The molecule has 20 heavy (non-hydrogen) atoms. The fourth-order valence-corrected chi connectivity index (χ4v) is 1.90. The van der Waals surface area contributed by atoms with E-state index in [1.165, 1.54) is 12.7 Å². The Kier molecular flexibility index (Phi) is 6.52. The van der Waals surface area contributed by atoms with Crippen LogP contribution in [0.3, 0.4) is 0 Å². The summed E-state index contributed by atoms with van der Waals surface area (Å²) in [4.78, 5) is 11.9. The van der Waals surface area contributed by atoms with E-state index < -0.39 is 5.54 Å². The third kappa shape index (κ3) is 4.85. The minimum Gasteiger partial charge on any atom is -0.494 e. The summed E-state index contributed by atoms with van der Waals surface area (Å²) in [7, 11) is 1.41. The van der Waals surface area contributed by atoms with Crippen molar-refractivity contribution in [2.45, 2.75) is 39.2 Å². The molecule has 0 aliphatic heterocycles. The SMILES string of the molecule is CCCNC(C)(CCOc1ccc(C)cc1)C(=O)OC. The maximum atomic E-state index is 11.9. The predicted octanol–water partition coefficient (Wildman–Crippen LogP) is 2.70. The van der Waals surface area contributed by atoms with Crippen LogP contribution in [-0.4, -0.2) is 31.8 Å². The van der Waals surface area contributed by atoms with Gasteiger partial charge in [-0.25, -0.2) is 0 Å². The molecule has 0 saturated heterocycles. The van der Waals surface area contributed by atoms with Gasteiger partial charge in [-0.1, -0.05) is 24.6 Å². The highest BCUT2D eigenvalue weighted by Crippen LogP contribution is 2.16. The van der Waals surface area contributed by atoms with E-state index in [9.17, 15) is 4.79 Å². The highest BCUT2D eigenvalue weighted by atomic mass is 16.5.